The lowest BCUT2D eigenvalue weighted by Gasteiger charge is -2.09. The monoisotopic (exact) mass is 288 g/mol. The third-order valence-corrected chi connectivity index (χ3v) is 2.59. The van der Waals surface area contributed by atoms with Crippen LogP contribution in [-0.2, 0) is 0 Å². The second-order valence-corrected chi connectivity index (χ2v) is 4.52. The van der Waals surface area contributed by atoms with Gasteiger partial charge >= 0.3 is 12.0 Å². The summed E-state index contributed by atoms with van der Waals surface area (Å²) in [5.41, 5.74) is 1.17. The Morgan fingerprint density at radius 1 is 1.00 bits per heavy atom. The summed E-state index contributed by atoms with van der Waals surface area (Å²) in [6.07, 6.45) is 0.885. The molecule has 6 nitrogen and oxygen atoms in total. The van der Waals surface area contributed by atoms with Crippen LogP contribution in [0.5, 0.6) is 17.8 Å². The highest BCUT2D eigenvalue weighted by atomic mass is 16.5. The fraction of sp³-hybridized carbons (Fsp3) is 0.400. The summed E-state index contributed by atoms with van der Waals surface area (Å²) >= 11 is 0. The minimum atomic E-state index is 0.218. The highest BCUT2D eigenvalue weighted by Gasteiger charge is 2.09. The van der Waals surface area contributed by atoms with Gasteiger partial charge in [0.15, 0.2) is 0 Å². The maximum Gasteiger partial charge on any atom is 0.330 e. The average Bonchev–Trinajstić information content (AvgIpc) is 2.48. The first kappa shape index (κ1) is 15.0. The highest BCUT2D eigenvalue weighted by molar-refractivity contribution is 5.31. The van der Waals surface area contributed by atoms with Gasteiger partial charge in [-0.1, -0.05) is 24.6 Å². The molecule has 0 amide bonds. The van der Waals surface area contributed by atoms with Gasteiger partial charge in [0.1, 0.15) is 5.75 Å². The number of rotatable bonds is 7. The van der Waals surface area contributed by atoms with Gasteiger partial charge in [-0.15, -0.1) is 4.98 Å². The Labute approximate surface area is 124 Å². The smallest absolute Gasteiger partial charge is 0.330 e. The lowest BCUT2D eigenvalue weighted by molar-refractivity contribution is 0.285. The molecule has 0 unspecified atom stereocenters. The number of aromatic nitrogens is 3. The molecule has 2 rings (SSSR count). The lowest BCUT2D eigenvalue weighted by Crippen LogP contribution is -2.08. The molecule has 2 aromatic rings. The molecule has 0 saturated carbocycles. The Morgan fingerprint density at radius 3 is 2.38 bits per heavy atom. The third kappa shape index (κ3) is 4.59. The van der Waals surface area contributed by atoms with Crippen molar-refractivity contribution in [1.29, 1.82) is 0 Å². The number of benzene rings is 1. The zero-order chi connectivity index (χ0) is 15.1. The van der Waals surface area contributed by atoms with E-state index < -0.39 is 0 Å². The minimum absolute atomic E-state index is 0.218. The highest BCUT2D eigenvalue weighted by Crippen LogP contribution is 2.21. The van der Waals surface area contributed by atoms with Crippen LogP contribution in [0.2, 0.25) is 0 Å². The molecule has 1 N–H and O–H groups in total. The zero-order valence-electron chi connectivity index (χ0n) is 12.6. The van der Waals surface area contributed by atoms with Crippen LogP contribution in [0.4, 0.5) is 5.95 Å². The molecule has 0 fully saturated rings. The fourth-order valence-electron chi connectivity index (χ4n) is 1.59. The van der Waals surface area contributed by atoms with Crippen molar-refractivity contribution in [2.75, 3.05) is 18.5 Å². The molecule has 0 bridgehead atoms. The minimum Gasteiger partial charge on any atom is -0.463 e. The Morgan fingerprint density at radius 2 is 1.71 bits per heavy atom. The van der Waals surface area contributed by atoms with E-state index in [1.165, 1.54) is 5.56 Å². The maximum absolute atomic E-state index is 5.66. The second kappa shape index (κ2) is 7.42. The number of hydrogen-bond donors (Lipinski definition) is 1. The Balaban J connectivity index is 2.19. The van der Waals surface area contributed by atoms with E-state index in [1.54, 1.807) is 0 Å². The van der Waals surface area contributed by atoms with E-state index in [0.717, 1.165) is 6.42 Å². The van der Waals surface area contributed by atoms with Crippen LogP contribution in [-0.4, -0.2) is 28.1 Å². The summed E-state index contributed by atoms with van der Waals surface area (Å²) in [6.45, 7) is 7.28. The normalized spacial score (nSPS) is 10.2. The molecule has 0 radical (unpaired) electrons. The van der Waals surface area contributed by atoms with Crippen molar-refractivity contribution in [3.8, 4) is 17.8 Å². The summed E-state index contributed by atoms with van der Waals surface area (Å²) in [5.74, 6) is 1.12. The predicted octanol–water partition coefficient (Wildman–Crippen LogP) is 3.19. The van der Waals surface area contributed by atoms with Crippen LogP contribution < -0.4 is 14.8 Å². The van der Waals surface area contributed by atoms with Crippen molar-refractivity contribution in [3.05, 3.63) is 29.8 Å². The van der Waals surface area contributed by atoms with E-state index in [0.29, 0.717) is 24.8 Å². The molecule has 0 aliphatic heterocycles. The van der Waals surface area contributed by atoms with Crippen LogP contribution in [0.15, 0.2) is 24.3 Å². The molecule has 0 atom stereocenters. The molecule has 21 heavy (non-hydrogen) atoms. The molecular formula is C15H20N4O2. The van der Waals surface area contributed by atoms with Crippen molar-refractivity contribution >= 4 is 5.95 Å². The molecule has 0 saturated heterocycles. The number of hydrogen-bond acceptors (Lipinski definition) is 6. The number of anilines is 1. The van der Waals surface area contributed by atoms with Crippen LogP contribution in [0.1, 0.15) is 25.8 Å². The summed E-state index contributed by atoms with van der Waals surface area (Å²) < 4.78 is 11.1. The van der Waals surface area contributed by atoms with Gasteiger partial charge in [0.05, 0.1) is 6.61 Å². The van der Waals surface area contributed by atoms with Gasteiger partial charge in [0.25, 0.3) is 0 Å². The Hall–Kier alpha value is -2.37. The topological polar surface area (TPSA) is 69.2 Å². The van der Waals surface area contributed by atoms with Gasteiger partial charge in [0.2, 0.25) is 5.95 Å². The lowest BCUT2D eigenvalue weighted by atomic mass is 10.2. The zero-order valence-corrected chi connectivity index (χ0v) is 12.6. The number of nitrogens with one attached hydrogen (secondary N) is 1. The van der Waals surface area contributed by atoms with Crippen LogP contribution in [0.3, 0.4) is 0 Å². The van der Waals surface area contributed by atoms with Gasteiger partial charge in [-0.2, -0.15) is 9.97 Å². The van der Waals surface area contributed by atoms with Gasteiger partial charge in [-0.3, -0.25) is 0 Å². The van der Waals surface area contributed by atoms with Crippen molar-refractivity contribution in [1.82, 2.24) is 15.0 Å². The van der Waals surface area contributed by atoms with Gasteiger partial charge in [0, 0.05) is 6.54 Å². The van der Waals surface area contributed by atoms with Crippen LogP contribution in [0.25, 0.3) is 0 Å². The van der Waals surface area contributed by atoms with Gasteiger partial charge < -0.3 is 14.8 Å². The molecule has 1 aromatic heterocycles. The van der Waals surface area contributed by atoms with E-state index in [4.69, 9.17) is 9.47 Å². The standard InChI is InChI=1S/C15H20N4O2/c1-4-10-20-14-17-13(16-5-2)18-15(19-14)21-12-8-6-11(3)7-9-12/h6-9H,4-5,10H2,1-3H3,(H,16,17,18,19). The SMILES string of the molecule is CCCOc1nc(NCC)nc(Oc2ccc(C)cc2)n1. The Kier molecular flexibility index (Phi) is 5.31. The average molecular weight is 288 g/mol. The van der Waals surface area contributed by atoms with Crippen molar-refractivity contribution < 1.29 is 9.47 Å². The molecular weight excluding hydrogens is 268 g/mol. The predicted molar refractivity (Wildman–Crippen MR) is 81.0 cm³/mol. The number of aryl methyl sites for hydroxylation is 1. The summed E-state index contributed by atoms with van der Waals surface area (Å²) in [7, 11) is 0. The largest absolute Gasteiger partial charge is 0.463 e. The fourth-order valence-corrected chi connectivity index (χ4v) is 1.59. The summed E-state index contributed by atoms with van der Waals surface area (Å²) in [5, 5.41) is 3.04. The van der Waals surface area contributed by atoms with E-state index in [9.17, 15) is 0 Å². The van der Waals surface area contributed by atoms with E-state index >= 15 is 0 Å². The van der Waals surface area contributed by atoms with E-state index in [2.05, 4.69) is 20.3 Å². The molecule has 0 aliphatic carbocycles. The molecule has 1 aromatic carbocycles. The summed E-state index contributed by atoms with van der Waals surface area (Å²) in [6, 6.07) is 8.17. The van der Waals surface area contributed by atoms with Gasteiger partial charge in [-0.25, -0.2) is 0 Å². The molecule has 1 heterocycles. The maximum atomic E-state index is 5.66. The third-order valence-electron chi connectivity index (χ3n) is 2.59. The van der Waals surface area contributed by atoms with Crippen molar-refractivity contribution in [3.63, 3.8) is 0 Å². The molecule has 6 heteroatoms. The van der Waals surface area contributed by atoms with Crippen molar-refractivity contribution in [2.24, 2.45) is 0 Å². The van der Waals surface area contributed by atoms with Crippen LogP contribution >= 0.6 is 0 Å². The molecule has 0 aliphatic rings. The molecule has 112 valence electrons. The number of ether oxygens (including phenoxy) is 2. The van der Waals surface area contributed by atoms with Crippen molar-refractivity contribution in [2.45, 2.75) is 27.2 Å². The first-order valence-electron chi connectivity index (χ1n) is 7.08. The van der Waals surface area contributed by atoms with E-state index in [1.807, 2.05) is 45.0 Å². The second-order valence-electron chi connectivity index (χ2n) is 4.52. The first-order valence-corrected chi connectivity index (χ1v) is 7.08. The number of nitrogens with zero attached hydrogens (tertiary/aromatic N) is 3. The summed E-state index contributed by atoms with van der Waals surface area (Å²) in [4.78, 5) is 12.6. The van der Waals surface area contributed by atoms with E-state index in [-0.39, 0.29) is 12.0 Å². The van der Waals surface area contributed by atoms with Gasteiger partial charge in [-0.05, 0) is 32.4 Å². The van der Waals surface area contributed by atoms with Crippen LogP contribution in [0, 0.1) is 6.92 Å². The first-order chi connectivity index (χ1) is 10.2. The molecule has 0 spiro atoms. The Bertz CT molecular complexity index is 572. The quantitative estimate of drug-likeness (QED) is 0.843.